The largest absolute Gasteiger partial charge is 0.444 e. The minimum Gasteiger partial charge on any atom is -0.444 e. The van der Waals surface area contributed by atoms with Crippen LogP contribution in [0, 0.1) is 11.3 Å². The van der Waals surface area contributed by atoms with Gasteiger partial charge in [-0.2, -0.15) is 5.26 Å². The SMILES string of the molecule is CC(C)c1ccccc1NC(=O)/C(C#N)=C\NC1CCN(C(=O)OC(C)(C)C)CC1. The molecule has 0 aromatic heterocycles. The van der Waals surface area contributed by atoms with Gasteiger partial charge in [-0.15, -0.1) is 0 Å². The second kappa shape index (κ2) is 10.1. The fourth-order valence-electron chi connectivity index (χ4n) is 3.21. The number of benzene rings is 1. The third-order valence-electron chi connectivity index (χ3n) is 4.81. The summed E-state index contributed by atoms with van der Waals surface area (Å²) < 4.78 is 5.40. The molecule has 0 bridgehead atoms. The monoisotopic (exact) mass is 412 g/mol. The summed E-state index contributed by atoms with van der Waals surface area (Å²) >= 11 is 0. The average Bonchev–Trinajstić information content (AvgIpc) is 2.68. The van der Waals surface area contributed by atoms with Gasteiger partial charge >= 0.3 is 6.09 Å². The first-order chi connectivity index (χ1) is 14.1. The summed E-state index contributed by atoms with van der Waals surface area (Å²) in [7, 11) is 0. The number of rotatable bonds is 5. The number of amides is 2. The first-order valence-electron chi connectivity index (χ1n) is 10.3. The zero-order chi connectivity index (χ0) is 22.3. The number of nitriles is 1. The van der Waals surface area contributed by atoms with E-state index in [9.17, 15) is 14.9 Å². The number of ether oxygens (including phenoxy) is 1. The lowest BCUT2D eigenvalue weighted by Crippen LogP contribution is -2.45. The maximum absolute atomic E-state index is 12.6. The maximum Gasteiger partial charge on any atom is 0.410 e. The summed E-state index contributed by atoms with van der Waals surface area (Å²) in [5.74, 6) is -0.186. The zero-order valence-corrected chi connectivity index (χ0v) is 18.5. The number of nitrogens with one attached hydrogen (secondary N) is 2. The molecular formula is C23H32N4O3. The Kier molecular flexibility index (Phi) is 7.87. The van der Waals surface area contributed by atoms with Crippen molar-refractivity contribution in [2.45, 2.75) is 65.0 Å². The van der Waals surface area contributed by atoms with Crippen LogP contribution >= 0.6 is 0 Å². The number of anilines is 1. The van der Waals surface area contributed by atoms with E-state index < -0.39 is 11.5 Å². The molecule has 1 saturated heterocycles. The maximum atomic E-state index is 12.6. The molecule has 1 aliphatic rings. The third-order valence-corrected chi connectivity index (χ3v) is 4.81. The van der Waals surface area contributed by atoms with E-state index in [1.54, 1.807) is 4.90 Å². The minimum absolute atomic E-state index is 0.0168. The van der Waals surface area contributed by atoms with Gasteiger partial charge in [0, 0.05) is 31.0 Å². The van der Waals surface area contributed by atoms with Crippen molar-refractivity contribution in [2.24, 2.45) is 0 Å². The second-order valence-corrected chi connectivity index (χ2v) is 8.77. The molecule has 162 valence electrons. The lowest BCUT2D eigenvalue weighted by atomic mass is 10.0. The van der Waals surface area contributed by atoms with Crippen molar-refractivity contribution >= 4 is 17.7 Å². The van der Waals surface area contributed by atoms with E-state index >= 15 is 0 Å². The van der Waals surface area contributed by atoms with E-state index in [-0.39, 0.29) is 23.6 Å². The van der Waals surface area contributed by atoms with Crippen molar-refractivity contribution in [2.75, 3.05) is 18.4 Å². The second-order valence-electron chi connectivity index (χ2n) is 8.77. The van der Waals surface area contributed by atoms with Crippen molar-refractivity contribution in [3.05, 3.63) is 41.6 Å². The van der Waals surface area contributed by atoms with Crippen LogP contribution in [0.2, 0.25) is 0 Å². The summed E-state index contributed by atoms with van der Waals surface area (Å²) in [4.78, 5) is 26.4. The van der Waals surface area contributed by atoms with Gasteiger partial charge in [0.1, 0.15) is 17.2 Å². The highest BCUT2D eigenvalue weighted by Gasteiger charge is 2.26. The molecule has 7 heteroatoms. The van der Waals surface area contributed by atoms with Crippen LogP contribution in [-0.2, 0) is 9.53 Å². The Morgan fingerprint density at radius 2 is 1.87 bits per heavy atom. The standard InChI is InChI=1S/C23H32N4O3/c1-16(2)19-8-6-7-9-20(19)26-21(28)17(14-24)15-25-18-10-12-27(13-11-18)22(29)30-23(3,4)5/h6-9,15-16,18,25H,10-13H2,1-5H3,(H,26,28)/b17-15-. The number of carbonyl (C=O) groups is 2. The molecule has 2 amide bonds. The van der Waals surface area contributed by atoms with Gasteiger partial charge in [-0.1, -0.05) is 32.0 Å². The molecule has 1 aliphatic heterocycles. The number of piperidine rings is 1. The van der Waals surface area contributed by atoms with Gasteiger partial charge in [0.05, 0.1) is 0 Å². The molecule has 2 rings (SSSR count). The van der Waals surface area contributed by atoms with Crippen molar-refractivity contribution in [3.63, 3.8) is 0 Å². The van der Waals surface area contributed by atoms with Crippen LogP contribution in [0.3, 0.4) is 0 Å². The fourth-order valence-corrected chi connectivity index (χ4v) is 3.21. The molecule has 2 N–H and O–H groups in total. The van der Waals surface area contributed by atoms with Gasteiger partial charge in [0.2, 0.25) is 0 Å². The van der Waals surface area contributed by atoms with Crippen LogP contribution in [0.4, 0.5) is 10.5 Å². The number of hydrogen-bond donors (Lipinski definition) is 2. The molecule has 0 spiro atoms. The van der Waals surface area contributed by atoms with E-state index in [1.165, 1.54) is 6.20 Å². The lowest BCUT2D eigenvalue weighted by molar-refractivity contribution is -0.112. The van der Waals surface area contributed by atoms with Crippen molar-refractivity contribution < 1.29 is 14.3 Å². The van der Waals surface area contributed by atoms with Gasteiger partial charge < -0.3 is 20.3 Å². The molecule has 0 atom stereocenters. The van der Waals surface area contributed by atoms with Crippen molar-refractivity contribution in [1.29, 1.82) is 5.26 Å². The Hall–Kier alpha value is -3.01. The number of hydrogen-bond acceptors (Lipinski definition) is 5. The molecule has 0 aliphatic carbocycles. The van der Waals surface area contributed by atoms with Gasteiger partial charge in [-0.25, -0.2) is 4.79 Å². The van der Waals surface area contributed by atoms with Crippen LogP contribution < -0.4 is 10.6 Å². The Morgan fingerprint density at radius 3 is 2.43 bits per heavy atom. The van der Waals surface area contributed by atoms with E-state index in [0.717, 1.165) is 5.56 Å². The van der Waals surface area contributed by atoms with Crippen molar-refractivity contribution in [3.8, 4) is 6.07 Å². The Morgan fingerprint density at radius 1 is 1.23 bits per heavy atom. The molecule has 0 saturated carbocycles. The van der Waals surface area contributed by atoms with Crippen LogP contribution in [0.15, 0.2) is 36.0 Å². The quantitative estimate of drug-likeness (QED) is 0.560. The highest BCUT2D eigenvalue weighted by atomic mass is 16.6. The van der Waals surface area contributed by atoms with Crippen LogP contribution in [0.5, 0.6) is 0 Å². The average molecular weight is 413 g/mol. The number of para-hydroxylation sites is 1. The summed E-state index contributed by atoms with van der Waals surface area (Å²) in [6, 6.07) is 9.63. The highest BCUT2D eigenvalue weighted by Crippen LogP contribution is 2.24. The number of likely N-dealkylation sites (tertiary alicyclic amines) is 1. The number of nitrogens with zero attached hydrogens (tertiary/aromatic N) is 2. The van der Waals surface area contributed by atoms with Crippen LogP contribution in [-0.4, -0.2) is 41.6 Å². The van der Waals surface area contributed by atoms with Crippen LogP contribution in [0.25, 0.3) is 0 Å². The van der Waals surface area contributed by atoms with E-state index in [4.69, 9.17) is 4.74 Å². The normalized spacial score (nSPS) is 15.5. The van der Waals surface area contributed by atoms with Crippen molar-refractivity contribution in [1.82, 2.24) is 10.2 Å². The predicted molar refractivity (Wildman–Crippen MR) is 117 cm³/mol. The van der Waals surface area contributed by atoms with E-state index in [0.29, 0.717) is 31.6 Å². The molecule has 1 heterocycles. The first-order valence-corrected chi connectivity index (χ1v) is 10.3. The third kappa shape index (κ3) is 6.80. The molecule has 1 aromatic rings. The summed E-state index contributed by atoms with van der Waals surface area (Å²) in [5, 5.41) is 15.4. The topological polar surface area (TPSA) is 94.5 Å². The molecule has 1 aromatic carbocycles. The van der Waals surface area contributed by atoms with Gasteiger partial charge in [0.15, 0.2) is 0 Å². The Balaban J connectivity index is 1.92. The molecule has 1 fully saturated rings. The molecule has 7 nitrogen and oxygen atoms in total. The molecule has 0 radical (unpaired) electrons. The number of carbonyl (C=O) groups excluding carboxylic acids is 2. The van der Waals surface area contributed by atoms with Crippen LogP contribution in [0.1, 0.15) is 58.9 Å². The van der Waals surface area contributed by atoms with E-state index in [1.807, 2.05) is 51.1 Å². The zero-order valence-electron chi connectivity index (χ0n) is 18.5. The Labute approximate surface area is 179 Å². The summed E-state index contributed by atoms with van der Waals surface area (Å²) in [6.07, 6.45) is 2.59. The predicted octanol–water partition coefficient (Wildman–Crippen LogP) is 4.15. The minimum atomic E-state index is -0.516. The Bertz CT molecular complexity index is 826. The fraction of sp³-hybridized carbons (Fsp3) is 0.522. The van der Waals surface area contributed by atoms with Gasteiger partial charge in [0.25, 0.3) is 5.91 Å². The molecular weight excluding hydrogens is 380 g/mol. The molecule has 0 unspecified atom stereocenters. The smallest absolute Gasteiger partial charge is 0.410 e. The summed E-state index contributed by atoms with van der Waals surface area (Å²) in [6.45, 7) is 10.8. The molecule has 30 heavy (non-hydrogen) atoms. The van der Waals surface area contributed by atoms with Gasteiger partial charge in [-0.05, 0) is 51.2 Å². The highest BCUT2D eigenvalue weighted by molar-refractivity contribution is 6.06. The van der Waals surface area contributed by atoms with E-state index in [2.05, 4.69) is 24.5 Å². The lowest BCUT2D eigenvalue weighted by Gasteiger charge is -2.33. The van der Waals surface area contributed by atoms with Gasteiger partial charge in [-0.3, -0.25) is 4.79 Å². The summed E-state index contributed by atoms with van der Waals surface area (Å²) in [5.41, 5.74) is 1.23. The first kappa shape index (κ1) is 23.3.